The van der Waals surface area contributed by atoms with Gasteiger partial charge in [-0.2, -0.15) is 39.5 Å². The van der Waals surface area contributed by atoms with Crippen molar-refractivity contribution in [2.45, 2.75) is 36.7 Å². The molecule has 0 aliphatic heterocycles. The Morgan fingerprint density at radius 2 is 0.931 bits per heavy atom. The lowest BCUT2D eigenvalue weighted by Gasteiger charge is -2.33. The van der Waals surface area contributed by atoms with Crippen LogP contribution < -0.4 is 0 Å². The first-order chi connectivity index (χ1) is 12.8. The van der Waals surface area contributed by atoms with Gasteiger partial charge in [0.2, 0.25) is 0 Å². The van der Waals surface area contributed by atoms with Crippen molar-refractivity contribution in [3.63, 3.8) is 0 Å². The van der Waals surface area contributed by atoms with E-state index in [0.29, 0.717) is 18.2 Å². The smallest absolute Gasteiger partial charge is 0.430 e. The second-order valence-electron chi connectivity index (χ2n) is 6.29. The van der Waals surface area contributed by atoms with Gasteiger partial charge >= 0.3 is 18.5 Å². The Balaban J connectivity index is 2.85. The van der Waals surface area contributed by atoms with Crippen molar-refractivity contribution in [1.29, 1.82) is 0 Å². The van der Waals surface area contributed by atoms with Gasteiger partial charge in [0, 0.05) is 21.9 Å². The number of phenols is 2. The van der Waals surface area contributed by atoms with Crippen LogP contribution in [0.3, 0.4) is 0 Å². The highest BCUT2D eigenvalue weighted by molar-refractivity contribution is 5.95. The SMILES string of the molecule is CC(O)(c1ccc2c(O)c(C(O)(C(F)(F)F)C(F)(F)F)ccc2c1O)C(F)(F)F. The Morgan fingerprint density at radius 1 is 0.586 bits per heavy atom. The van der Waals surface area contributed by atoms with Crippen molar-refractivity contribution in [1.82, 2.24) is 0 Å². The highest BCUT2D eigenvalue weighted by Gasteiger charge is 2.72. The number of benzene rings is 2. The number of hydrogen-bond acceptors (Lipinski definition) is 4. The minimum Gasteiger partial charge on any atom is -0.507 e. The van der Waals surface area contributed by atoms with Gasteiger partial charge in [0.05, 0.1) is 0 Å². The van der Waals surface area contributed by atoms with E-state index in [9.17, 15) is 59.9 Å². The molecule has 29 heavy (non-hydrogen) atoms. The van der Waals surface area contributed by atoms with Crippen molar-refractivity contribution in [3.05, 3.63) is 35.4 Å². The summed E-state index contributed by atoms with van der Waals surface area (Å²) in [5.74, 6) is -3.11. The number of alkyl halides is 9. The lowest BCUT2D eigenvalue weighted by atomic mass is 9.87. The number of halogens is 9. The standard InChI is InChI=1S/C16H11F9O4/c1-12(28,14(17,18)19)8-4-2-7-6(10(8)26)3-5-9(11(7)27)13(29,15(20,21)22)16(23,24)25/h2-5,26-29H,1H3. The van der Waals surface area contributed by atoms with Gasteiger partial charge in [-0.1, -0.05) is 12.1 Å². The number of aromatic hydroxyl groups is 2. The summed E-state index contributed by atoms with van der Waals surface area (Å²) in [6.45, 7) is 0.258. The third-order valence-corrected chi connectivity index (χ3v) is 4.43. The second kappa shape index (κ2) is 6.29. The normalized spacial score (nSPS) is 16.1. The van der Waals surface area contributed by atoms with Crippen molar-refractivity contribution in [2.24, 2.45) is 0 Å². The molecule has 2 aromatic carbocycles. The summed E-state index contributed by atoms with van der Waals surface area (Å²) in [5, 5.41) is 37.3. The molecule has 0 saturated heterocycles. The molecule has 13 heteroatoms. The molecule has 2 aromatic rings. The summed E-state index contributed by atoms with van der Waals surface area (Å²) < 4.78 is 117. The fourth-order valence-corrected chi connectivity index (χ4v) is 2.68. The average Bonchev–Trinajstić information content (AvgIpc) is 2.51. The molecular weight excluding hydrogens is 427 g/mol. The van der Waals surface area contributed by atoms with E-state index in [0.717, 1.165) is 0 Å². The van der Waals surface area contributed by atoms with Crippen molar-refractivity contribution >= 4 is 10.8 Å². The number of aliphatic hydroxyl groups is 2. The number of fused-ring (bicyclic) bond motifs is 1. The van der Waals surface area contributed by atoms with Gasteiger partial charge < -0.3 is 20.4 Å². The van der Waals surface area contributed by atoms with Crippen LogP contribution in [0.2, 0.25) is 0 Å². The van der Waals surface area contributed by atoms with Gasteiger partial charge in [-0.25, -0.2) is 0 Å². The van der Waals surface area contributed by atoms with Crippen LogP contribution in [0.5, 0.6) is 11.5 Å². The highest BCUT2D eigenvalue weighted by atomic mass is 19.4. The Labute approximate surface area is 155 Å². The van der Waals surface area contributed by atoms with Crippen molar-refractivity contribution in [2.75, 3.05) is 0 Å². The molecule has 2 rings (SSSR count). The minimum atomic E-state index is -6.32. The Kier molecular flexibility index (Phi) is 4.96. The summed E-state index contributed by atoms with van der Waals surface area (Å²) in [6, 6.07) is 1.15. The van der Waals surface area contributed by atoms with Gasteiger partial charge in [-0.15, -0.1) is 0 Å². The summed E-state index contributed by atoms with van der Waals surface area (Å²) in [6.07, 6.45) is -17.9. The number of phenolic OH excluding ortho intramolecular Hbond substituents is 2. The predicted molar refractivity (Wildman–Crippen MR) is 78.9 cm³/mol. The fourth-order valence-electron chi connectivity index (χ4n) is 2.68. The molecule has 162 valence electrons. The zero-order chi connectivity index (χ0) is 22.8. The molecule has 0 heterocycles. The van der Waals surface area contributed by atoms with Crippen LogP contribution in [0.4, 0.5) is 39.5 Å². The predicted octanol–water partition coefficient (Wildman–Crippen LogP) is 4.33. The van der Waals surface area contributed by atoms with Crippen LogP contribution in [0.1, 0.15) is 18.1 Å². The average molecular weight is 438 g/mol. The monoisotopic (exact) mass is 438 g/mol. The van der Waals surface area contributed by atoms with E-state index in [1.54, 1.807) is 0 Å². The molecular formula is C16H11F9O4. The molecule has 0 radical (unpaired) electrons. The number of hydrogen-bond donors (Lipinski definition) is 4. The second-order valence-corrected chi connectivity index (χ2v) is 6.29. The van der Waals surface area contributed by atoms with Crippen LogP contribution in [-0.4, -0.2) is 39.0 Å². The van der Waals surface area contributed by atoms with Gasteiger partial charge in [0.25, 0.3) is 5.60 Å². The Hall–Kier alpha value is -2.41. The molecule has 4 nitrogen and oxygen atoms in total. The summed E-state index contributed by atoms with van der Waals surface area (Å²) in [5.41, 5.74) is -12.3. The molecule has 0 bridgehead atoms. The topological polar surface area (TPSA) is 80.9 Å². The van der Waals surface area contributed by atoms with Gasteiger partial charge in [-0.3, -0.25) is 0 Å². The molecule has 1 unspecified atom stereocenters. The molecule has 0 saturated carbocycles. The lowest BCUT2D eigenvalue weighted by molar-refractivity contribution is -0.376. The van der Waals surface area contributed by atoms with Crippen molar-refractivity contribution in [3.8, 4) is 11.5 Å². The summed E-state index contributed by atoms with van der Waals surface area (Å²) >= 11 is 0. The zero-order valence-corrected chi connectivity index (χ0v) is 14.0. The van der Waals surface area contributed by atoms with Crippen LogP contribution in [0.25, 0.3) is 10.8 Å². The fraction of sp³-hybridized carbons (Fsp3) is 0.375. The van der Waals surface area contributed by atoms with Crippen molar-refractivity contribution < 1.29 is 59.9 Å². The molecule has 0 amide bonds. The highest BCUT2D eigenvalue weighted by Crippen LogP contribution is 2.54. The van der Waals surface area contributed by atoms with Crippen LogP contribution >= 0.6 is 0 Å². The van der Waals surface area contributed by atoms with Crippen LogP contribution in [0.15, 0.2) is 24.3 Å². The number of rotatable bonds is 2. The molecule has 0 fully saturated rings. The van der Waals surface area contributed by atoms with Gasteiger partial charge in [-0.05, 0) is 19.1 Å². The van der Waals surface area contributed by atoms with Gasteiger partial charge in [0.15, 0.2) is 5.60 Å². The first-order valence-electron chi connectivity index (χ1n) is 7.42. The maximum Gasteiger partial charge on any atom is 0.430 e. The Morgan fingerprint density at radius 3 is 1.28 bits per heavy atom. The maximum absolute atomic E-state index is 13.0. The van der Waals surface area contributed by atoms with Crippen LogP contribution in [0, 0.1) is 0 Å². The van der Waals surface area contributed by atoms with Gasteiger partial charge in [0.1, 0.15) is 11.5 Å². The van der Waals surface area contributed by atoms with E-state index < -0.39 is 63.1 Å². The van der Waals surface area contributed by atoms with E-state index in [2.05, 4.69) is 0 Å². The first kappa shape index (κ1) is 22.9. The van der Waals surface area contributed by atoms with E-state index >= 15 is 0 Å². The quantitative estimate of drug-likeness (QED) is 0.527. The third-order valence-electron chi connectivity index (χ3n) is 4.43. The maximum atomic E-state index is 13.0. The molecule has 0 aromatic heterocycles. The third kappa shape index (κ3) is 3.21. The van der Waals surface area contributed by atoms with E-state index in [-0.39, 0.29) is 13.0 Å². The van der Waals surface area contributed by atoms with E-state index in [1.165, 1.54) is 0 Å². The molecule has 0 aliphatic carbocycles. The largest absolute Gasteiger partial charge is 0.507 e. The summed E-state index contributed by atoms with van der Waals surface area (Å²) in [7, 11) is 0. The molecule has 0 spiro atoms. The van der Waals surface area contributed by atoms with E-state index in [4.69, 9.17) is 0 Å². The lowest BCUT2D eigenvalue weighted by Crippen LogP contribution is -2.53. The Bertz CT molecular complexity index is 929. The molecule has 4 N–H and O–H groups in total. The molecule has 1 atom stereocenters. The first-order valence-corrected chi connectivity index (χ1v) is 7.42. The molecule has 0 aliphatic rings. The summed E-state index contributed by atoms with van der Waals surface area (Å²) in [4.78, 5) is 0. The minimum absolute atomic E-state index is 0.0373. The zero-order valence-electron chi connectivity index (χ0n) is 14.0. The van der Waals surface area contributed by atoms with E-state index in [1.807, 2.05) is 0 Å². The van der Waals surface area contributed by atoms with Crippen LogP contribution in [-0.2, 0) is 11.2 Å².